The minimum absolute atomic E-state index is 0.188. The lowest BCUT2D eigenvalue weighted by Gasteiger charge is -2.50. The van der Waals surface area contributed by atoms with Gasteiger partial charge in [0.2, 0.25) is 0 Å². The van der Waals surface area contributed by atoms with Gasteiger partial charge in [-0.3, -0.25) is 0 Å². The van der Waals surface area contributed by atoms with E-state index < -0.39 is 0 Å². The Bertz CT molecular complexity index is 1060. The fourth-order valence-corrected chi connectivity index (χ4v) is 6.03. The van der Waals surface area contributed by atoms with Crippen LogP contribution in [0.2, 0.25) is 0 Å². The van der Waals surface area contributed by atoms with Crippen LogP contribution in [0, 0.1) is 5.92 Å². The predicted molar refractivity (Wildman–Crippen MR) is 118 cm³/mol. The summed E-state index contributed by atoms with van der Waals surface area (Å²) in [6.07, 6.45) is 3.46. The first-order chi connectivity index (χ1) is 13.5. The van der Waals surface area contributed by atoms with Crippen molar-refractivity contribution in [2.45, 2.75) is 24.7 Å². The molecule has 1 aliphatic carbocycles. The summed E-state index contributed by atoms with van der Waals surface area (Å²) < 4.78 is 9.16. The Morgan fingerprint density at radius 3 is 2.82 bits per heavy atom. The van der Waals surface area contributed by atoms with Crippen LogP contribution in [0.3, 0.4) is 0 Å². The van der Waals surface area contributed by atoms with Gasteiger partial charge in [0.25, 0.3) is 0 Å². The van der Waals surface area contributed by atoms with E-state index in [9.17, 15) is 0 Å². The zero-order chi connectivity index (χ0) is 19.5. The average Bonchev–Trinajstić information content (AvgIpc) is 2.97. The number of methoxy groups -OCH3 is 1. The third-order valence-corrected chi connectivity index (χ3v) is 7.72. The Morgan fingerprint density at radius 2 is 2.00 bits per heavy atom. The lowest BCUT2D eigenvalue weighted by Crippen LogP contribution is -2.53. The number of hydrogen-bond donors (Lipinski definition) is 0. The van der Waals surface area contributed by atoms with E-state index in [2.05, 4.69) is 82.0 Å². The Morgan fingerprint density at radius 1 is 1.14 bits per heavy atom. The Kier molecular flexibility index (Phi) is 4.33. The van der Waals surface area contributed by atoms with Crippen molar-refractivity contribution < 1.29 is 4.74 Å². The topological polar surface area (TPSA) is 17.4 Å². The van der Waals surface area contributed by atoms with Gasteiger partial charge in [-0.25, -0.2) is 0 Å². The molecule has 0 bridgehead atoms. The second kappa shape index (κ2) is 6.64. The zero-order valence-corrected chi connectivity index (χ0v) is 18.4. The molecule has 1 aliphatic heterocycles. The van der Waals surface area contributed by atoms with Crippen LogP contribution >= 0.6 is 15.9 Å². The number of aryl methyl sites for hydroxylation is 1. The molecule has 3 nitrogen and oxygen atoms in total. The minimum Gasteiger partial charge on any atom is -0.497 e. The molecule has 0 spiro atoms. The van der Waals surface area contributed by atoms with Crippen LogP contribution < -0.4 is 4.74 Å². The molecule has 1 saturated heterocycles. The summed E-state index contributed by atoms with van der Waals surface area (Å²) in [5.41, 5.74) is 6.04. The standard InChI is InChI=1S/C24H27BrN2O/c1-26-10-9-24(16-5-4-6-19(11-16)28-3)14-23-21(12-17(24)15-26)20-8-7-18(25)13-22(20)27(23)2/h4-8,11,13,17H,9-10,12,14-15H2,1-3H3. The van der Waals surface area contributed by atoms with E-state index in [4.69, 9.17) is 4.74 Å². The molecule has 2 aromatic carbocycles. The van der Waals surface area contributed by atoms with E-state index in [1.165, 1.54) is 28.6 Å². The highest BCUT2D eigenvalue weighted by Crippen LogP contribution is 2.50. The molecule has 3 aromatic rings. The van der Waals surface area contributed by atoms with E-state index in [0.29, 0.717) is 5.92 Å². The van der Waals surface area contributed by atoms with Crippen molar-refractivity contribution >= 4 is 26.8 Å². The molecule has 2 heterocycles. The van der Waals surface area contributed by atoms with Crippen molar-refractivity contribution in [3.63, 3.8) is 0 Å². The first kappa shape index (κ1) is 18.3. The number of benzene rings is 2. The van der Waals surface area contributed by atoms with Crippen LogP contribution in [0.25, 0.3) is 10.9 Å². The zero-order valence-electron chi connectivity index (χ0n) is 16.8. The summed E-state index contributed by atoms with van der Waals surface area (Å²) in [6, 6.07) is 15.6. The van der Waals surface area contributed by atoms with Crippen molar-refractivity contribution in [3.8, 4) is 5.75 Å². The number of rotatable bonds is 2. The fraction of sp³-hybridized carbons (Fsp3) is 0.417. The molecule has 4 heteroatoms. The summed E-state index contributed by atoms with van der Waals surface area (Å²) in [7, 11) is 6.27. The fourth-order valence-electron chi connectivity index (χ4n) is 5.68. The first-order valence-electron chi connectivity index (χ1n) is 10.1. The molecule has 5 rings (SSSR count). The monoisotopic (exact) mass is 438 g/mol. The first-order valence-corrected chi connectivity index (χ1v) is 10.9. The van der Waals surface area contributed by atoms with Crippen molar-refractivity contribution in [2.75, 3.05) is 27.2 Å². The van der Waals surface area contributed by atoms with Gasteiger partial charge in [-0.05, 0) is 74.2 Å². The molecule has 146 valence electrons. The van der Waals surface area contributed by atoms with Gasteiger partial charge >= 0.3 is 0 Å². The van der Waals surface area contributed by atoms with Crippen molar-refractivity contribution in [3.05, 3.63) is 63.8 Å². The molecule has 0 radical (unpaired) electrons. The van der Waals surface area contributed by atoms with Gasteiger partial charge in [0, 0.05) is 40.1 Å². The second-order valence-corrected chi connectivity index (χ2v) is 9.54. The number of likely N-dealkylation sites (tertiary alicyclic amines) is 1. The van der Waals surface area contributed by atoms with Crippen molar-refractivity contribution in [2.24, 2.45) is 13.0 Å². The van der Waals surface area contributed by atoms with E-state index in [-0.39, 0.29) is 5.41 Å². The van der Waals surface area contributed by atoms with Gasteiger partial charge in [0.15, 0.2) is 0 Å². The second-order valence-electron chi connectivity index (χ2n) is 8.62. The maximum absolute atomic E-state index is 5.58. The minimum atomic E-state index is 0.188. The van der Waals surface area contributed by atoms with Crippen LogP contribution in [0.4, 0.5) is 0 Å². The van der Waals surface area contributed by atoms with Gasteiger partial charge in [-0.15, -0.1) is 0 Å². The molecule has 2 unspecified atom stereocenters. The van der Waals surface area contributed by atoms with Crippen molar-refractivity contribution in [1.82, 2.24) is 9.47 Å². The summed E-state index contributed by atoms with van der Waals surface area (Å²) >= 11 is 3.66. The van der Waals surface area contributed by atoms with Crippen molar-refractivity contribution in [1.29, 1.82) is 0 Å². The third kappa shape index (κ3) is 2.65. The summed E-state index contributed by atoms with van der Waals surface area (Å²) in [5, 5.41) is 1.42. The van der Waals surface area contributed by atoms with Crippen LogP contribution in [-0.4, -0.2) is 36.7 Å². The summed E-state index contributed by atoms with van der Waals surface area (Å²) in [6.45, 7) is 2.31. The van der Waals surface area contributed by atoms with Crippen LogP contribution in [0.5, 0.6) is 5.75 Å². The van der Waals surface area contributed by atoms with E-state index in [1.54, 1.807) is 12.7 Å². The molecule has 0 N–H and O–H groups in total. The number of halogens is 1. The largest absolute Gasteiger partial charge is 0.497 e. The molecule has 28 heavy (non-hydrogen) atoms. The van der Waals surface area contributed by atoms with Crippen LogP contribution in [0.1, 0.15) is 23.2 Å². The SMILES string of the molecule is COc1cccc(C23CCN(C)CC2Cc2c(n(C)c4cc(Br)ccc24)C3)c1. The Hall–Kier alpha value is -1.78. The van der Waals surface area contributed by atoms with E-state index >= 15 is 0 Å². The van der Waals surface area contributed by atoms with Gasteiger partial charge in [-0.2, -0.15) is 0 Å². The third-order valence-electron chi connectivity index (χ3n) is 7.23. The van der Waals surface area contributed by atoms with E-state index in [1.807, 2.05) is 0 Å². The Labute approximate surface area is 175 Å². The highest BCUT2D eigenvalue weighted by Gasteiger charge is 2.48. The number of ether oxygens (including phenoxy) is 1. The Balaban J connectivity index is 1.70. The molecule has 0 amide bonds. The van der Waals surface area contributed by atoms with Gasteiger partial charge in [-0.1, -0.05) is 34.1 Å². The molecule has 2 aliphatic rings. The lowest BCUT2D eigenvalue weighted by molar-refractivity contribution is 0.0985. The normalized spacial score (nSPS) is 24.8. The number of fused-ring (bicyclic) bond motifs is 4. The number of aromatic nitrogens is 1. The highest BCUT2D eigenvalue weighted by molar-refractivity contribution is 9.10. The summed E-state index contributed by atoms with van der Waals surface area (Å²) in [5.74, 6) is 1.59. The smallest absolute Gasteiger partial charge is 0.119 e. The number of piperidine rings is 1. The predicted octanol–water partition coefficient (Wildman–Crippen LogP) is 4.94. The molecule has 2 atom stereocenters. The molecule has 0 saturated carbocycles. The van der Waals surface area contributed by atoms with Crippen LogP contribution in [-0.2, 0) is 25.3 Å². The lowest BCUT2D eigenvalue weighted by atomic mass is 9.59. The molecule has 1 aromatic heterocycles. The van der Waals surface area contributed by atoms with Gasteiger partial charge < -0.3 is 14.2 Å². The number of nitrogens with zero attached hydrogens (tertiary/aromatic N) is 2. The maximum atomic E-state index is 5.58. The van der Waals surface area contributed by atoms with E-state index in [0.717, 1.165) is 36.2 Å². The number of hydrogen-bond acceptors (Lipinski definition) is 2. The van der Waals surface area contributed by atoms with Gasteiger partial charge in [0.05, 0.1) is 7.11 Å². The quantitative estimate of drug-likeness (QED) is 0.563. The average molecular weight is 439 g/mol. The van der Waals surface area contributed by atoms with Gasteiger partial charge in [0.1, 0.15) is 5.75 Å². The maximum Gasteiger partial charge on any atom is 0.119 e. The van der Waals surface area contributed by atoms with Crippen LogP contribution in [0.15, 0.2) is 46.9 Å². The molecule has 1 fully saturated rings. The molecular weight excluding hydrogens is 412 g/mol. The molecular formula is C24H27BrN2O. The highest BCUT2D eigenvalue weighted by atomic mass is 79.9. The summed E-state index contributed by atoms with van der Waals surface area (Å²) in [4.78, 5) is 2.51.